The van der Waals surface area contributed by atoms with Crippen LogP contribution in [0.15, 0.2) is 44.1 Å². The minimum absolute atomic E-state index is 0.0246. The Bertz CT molecular complexity index is 1080. The van der Waals surface area contributed by atoms with Crippen LogP contribution in [0.25, 0.3) is 5.65 Å². The number of aromatic nitrogens is 3. The fraction of sp³-hybridized carbons (Fsp3) is 0.250. The molecular weight excluding hydrogens is 313 g/mol. The van der Waals surface area contributed by atoms with Crippen LogP contribution in [0, 0.1) is 5.82 Å². The number of fused-ring (bicyclic) bond motifs is 2. The summed E-state index contributed by atoms with van der Waals surface area (Å²) in [5.41, 5.74) is 0.963. The second kappa shape index (κ2) is 5.55. The Hall–Kier alpha value is -3.03. The first-order chi connectivity index (χ1) is 11.6. The van der Waals surface area contributed by atoms with E-state index in [4.69, 9.17) is 0 Å². The first-order valence-corrected chi connectivity index (χ1v) is 7.70. The average molecular weight is 327 g/mol. The Labute approximate surface area is 134 Å². The lowest BCUT2D eigenvalue weighted by molar-refractivity contribution is 0.628. The number of hydrogen-bond acceptors (Lipinski definition) is 4. The van der Waals surface area contributed by atoms with Gasteiger partial charge in [0.25, 0.3) is 11.1 Å². The molecule has 1 aliphatic rings. The van der Waals surface area contributed by atoms with Crippen molar-refractivity contribution in [1.29, 1.82) is 0 Å². The molecule has 122 valence electrons. The van der Waals surface area contributed by atoms with E-state index in [1.54, 1.807) is 12.1 Å². The molecule has 2 heterocycles. The molecule has 0 unspecified atom stereocenters. The van der Waals surface area contributed by atoms with E-state index in [9.17, 15) is 14.0 Å². The van der Waals surface area contributed by atoms with Gasteiger partial charge in [0, 0.05) is 11.3 Å². The third-order valence-corrected chi connectivity index (χ3v) is 4.18. The molecule has 0 saturated carbocycles. The van der Waals surface area contributed by atoms with Crippen LogP contribution in [-0.2, 0) is 12.8 Å². The van der Waals surface area contributed by atoms with Crippen LogP contribution in [0.5, 0.6) is 0 Å². The normalized spacial score (nSPS) is 14.4. The molecule has 0 atom stereocenters. The lowest BCUT2D eigenvalue weighted by atomic mass is 9.97. The number of nitrogens with zero attached hydrogens (tertiary/aromatic N) is 3. The lowest BCUT2D eigenvalue weighted by Crippen LogP contribution is -2.25. The average Bonchev–Trinajstić information content (AvgIpc) is 2.90. The van der Waals surface area contributed by atoms with Crippen molar-refractivity contribution in [3.05, 3.63) is 62.0 Å². The summed E-state index contributed by atoms with van der Waals surface area (Å²) in [7, 11) is 0. The number of aryl methyl sites for hydroxylation is 1. The van der Waals surface area contributed by atoms with E-state index in [0.29, 0.717) is 12.0 Å². The Morgan fingerprint density at radius 3 is 2.71 bits per heavy atom. The van der Waals surface area contributed by atoms with E-state index in [1.807, 2.05) is 0 Å². The SMILES string of the molecule is O=c1[nH]n2c(=O)c3c([nH]c2c1N=Nc1ccccc1F)CCCC3. The van der Waals surface area contributed by atoms with Gasteiger partial charge >= 0.3 is 0 Å². The lowest BCUT2D eigenvalue weighted by Gasteiger charge is -2.14. The maximum atomic E-state index is 13.6. The molecule has 0 saturated heterocycles. The van der Waals surface area contributed by atoms with Gasteiger partial charge in [0.2, 0.25) is 0 Å². The number of azo groups is 1. The topological polar surface area (TPSA) is 94.8 Å². The first kappa shape index (κ1) is 14.6. The van der Waals surface area contributed by atoms with E-state index in [-0.39, 0.29) is 22.6 Å². The van der Waals surface area contributed by atoms with E-state index in [2.05, 4.69) is 20.3 Å². The summed E-state index contributed by atoms with van der Waals surface area (Å²) in [4.78, 5) is 27.7. The van der Waals surface area contributed by atoms with E-state index in [1.165, 1.54) is 12.1 Å². The Kier molecular flexibility index (Phi) is 3.37. The number of hydrogen-bond donors (Lipinski definition) is 2. The van der Waals surface area contributed by atoms with Gasteiger partial charge in [0.15, 0.2) is 17.2 Å². The molecule has 0 aliphatic heterocycles. The zero-order valence-corrected chi connectivity index (χ0v) is 12.7. The molecule has 0 amide bonds. The zero-order valence-electron chi connectivity index (χ0n) is 12.7. The molecule has 0 radical (unpaired) electrons. The third kappa shape index (κ3) is 2.27. The van der Waals surface area contributed by atoms with Crippen molar-refractivity contribution in [1.82, 2.24) is 14.6 Å². The molecule has 0 bridgehead atoms. The Morgan fingerprint density at radius 2 is 1.88 bits per heavy atom. The van der Waals surface area contributed by atoms with Gasteiger partial charge in [-0.05, 0) is 37.8 Å². The van der Waals surface area contributed by atoms with Crippen LogP contribution in [0.1, 0.15) is 24.1 Å². The number of nitrogens with one attached hydrogen (secondary N) is 2. The number of aromatic amines is 2. The molecule has 24 heavy (non-hydrogen) atoms. The molecule has 4 rings (SSSR count). The van der Waals surface area contributed by atoms with Crippen molar-refractivity contribution in [2.75, 3.05) is 0 Å². The summed E-state index contributed by atoms with van der Waals surface area (Å²) >= 11 is 0. The number of H-pyrrole nitrogens is 2. The zero-order chi connectivity index (χ0) is 16.7. The van der Waals surface area contributed by atoms with Gasteiger partial charge in [-0.2, -0.15) is 4.52 Å². The number of rotatable bonds is 2. The van der Waals surface area contributed by atoms with E-state index < -0.39 is 11.4 Å². The minimum atomic E-state index is -0.550. The van der Waals surface area contributed by atoms with Gasteiger partial charge in [0.1, 0.15) is 5.69 Å². The molecule has 1 aliphatic carbocycles. The van der Waals surface area contributed by atoms with Gasteiger partial charge < -0.3 is 4.98 Å². The smallest absolute Gasteiger partial charge is 0.294 e. The highest BCUT2D eigenvalue weighted by Crippen LogP contribution is 2.22. The van der Waals surface area contributed by atoms with Crippen LogP contribution < -0.4 is 11.1 Å². The second-order valence-electron chi connectivity index (χ2n) is 5.72. The van der Waals surface area contributed by atoms with Crippen molar-refractivity contribution < 1.29 is 4.39 Å². The summed E-state index contributed by atoms with van der Waals surface area (Å²) in [6.45, 7) is 0. The first-order valence-electron chi connectivity index (χ1n) is 7.70. The summed E-state index contributed by atoms with van der Waals surface area (Å²) in [6.07, 6.45) is 3.38. The maximum Gasteiger partial charge on any atom is 0.294 e. The molecule has 3 aromatic rings. The van der Waals surface area contributed by atoms with Crippen molar-refractivity contribution in [2.24, 2.45) is 10.2 Å². The molecule has 2 aromatic heterocycles. The van der Waals surface area contributed by atoms with Crippen LogP contribution in [-0.4, -0.2) is 14.6 Å². The van der Waals surface area contributed by atoms with Crippen molar-refractivity contribution in [3.8, 4) is 0 Å². The highest BCUT2D eigenvalue weighted by molar-refractivity contribution is 5.63. The van der Waals surface area contributed by atoms with Gasteiger partial charge in [-0.25, -0.2) is 4.39 Å². The van der Waals surface area contributed by atoms with Crippen LogP contribution in [0.4, 0.5) is 15.8 Å². The largest absolute Gasteiger partial charge is 0.341 e. The third-order valence-electron chi connectivity index (χ3n) is 4.18. The van der Waals surface area contributed by atoms with Crippen LogP contribution in [0.2, 0.25) is 0 Å². The summed E-state index contributed by atoms with van der Waals surface area (Å²) in [5.74, 6) is -0.535. The maximum absolute atomic E-state index is 13.6. The summed E-state index contributed by atoms with van der Waals surface area (Å²) in [5, 5.41) is 10.1. The van der Waals surface area contributed by atoms with Gasteiger partial charge in [-0.1, -0.05) is 12.1 Å². The van der Waals surface area contributed by atoms with Crippen molar-refractivity contribution in [2.45, 2.75) is 25.7 Å². The number of benzene rings is 1. The fourth-order valence-corrected chi connectivity index (χ4v) is 2.98. The van der Waals surface area contributed by atoms with E-state index >= 15 is 0 Å². The molecule has 2 N–H and O–H groups in total. The summed E-state index contributed by atoms with van der Waals surface area (Å²) < 4.78 is 14.8. The molecule has 0 spiro atoms. The molecular formula is C16H14FN5O2. The fourth-order valence-electron chi connectivity index (χ4n) is 2.98. The Balaban J connectivity index is 1.89. The minimum Gasteiger partial charge on any atom is -0.341 e. The highest BCUT2D eigenvalue weighted by atomic mass is 19.1. The van der Waals surface area contributed by atoms with Gasteiger partial charge in [-0.15, -0.1) is 10.2 Å². The monoisotopic (exact) mass is 327 g/mol. The molecule has 8 heteroatoms. The van der Waals surface area contributed by atoms with Gasteiger partial charge in [0.05, 0.1) is 0 Å². The quantitative estimate of drug-likeness (QED) is 0.708. The highest BCUT2D eigenvalue weighted by Gasteiger charge is 2.19. The molecule has 0 fully saturated rings. The van der Waals surface area contributed by atoms with Crippen LogP contribution in [0.3, 0.4) is 0 Å². The predicted molar refractivity (Wildman–Crippen MR) is 85.9 cm³/mol. The standard InChI is InChI=1S/C16H14FN5O2/c17-10-6-2-4-8-12(10)19-20-13-14-18-11-7-3-1-5-9(11)16(24)22(14)21-15(13)23/h2,4,6,8,18H,1,3,5,7H2,(H,21,23). The summed E-state index contributed by atoms with van der Waals surface area (Å²) in [6, 6.07) is 5.88. The van der Waals surface area contributed by atoms with Crippen molar-refractivity contribution in [3.63, 3.8) is 0 Å². The second-order valence-corrected chi connectivity index (χ2v) is 5.72. The molecule has 7 nitrogen and oxygen atoms in total. The van der Waals surface area contributed by atoms with E-state index in [0.717, 1.165) is 29.5 Å². The van der Waals surface area contributed by atoms with Gasteiger partial charge in [-0.3, -0.25) is 14.7 Å². The van der Waals surface area contributed by atoms with Crippen molar-refractivity contribution >= 4 is 17.0 Å². The predicted octanol–water partition coefficient (Wildman–Crippen LogP) is 2.75. The Morgan fingerprint density at radius 1 is 1.08 bits per heavy atom. The number of halogens is 1. The molecule has 1 aromatic carbocycles. The van der Waals surface area contributed by atoms with Crippen LogP contribution >= 0.6 is 0 Å².